The van der Waals surface area contributed by atoms with Crippen molar-refractivity contribution in [2.24, 2.45) is 5.73 Å². The van der Waals surface area contributed by atoms with Crippen molar-refractivity contribution in [1.29, 1.82) is 0 Å². The van der Waals surface area contributed by atoms with Gasteiger partial charge in [-0.05, 0) is 112 Å². The van der Waals surface area contributed by atoms with Gasteiger partial charge < -0.3 is 5.73 Å². The number of fused-ring (bicyclic) bond motifs is 7. The summed E-state index contributed by atoms with van der Waals surface area (Å²) in [5.74, 6) is 0. The van der Waals surface area contributed by atoms with Crippen LogP contribution in [0.5, 0.6) is 0 Å². The van der Waals surface area contributed by atoms with Crippen molar-refractivity contribution < 1.29 is 0 Å². The molecule has 58 heavy (non-hydrogen) atoms. The standard InChI is InChI=1S/C56H48N2/c1-55(2)48-27-15-14-24-43(48)44-31-29-40(35-50(44)55)42-23-12-13-25-45(42)52(58-54(57)37-18-6-5-7-19-37)32-30-36-17-10-11-22-41(36)46-26-16-28-49-53(46)47-33-38-20-8-9-21-39(38)34-51(47)56(49,3)4/h5-35,52,54,58H,57H2,1-4H3/b32-30+. The normalized spacial score (nSPS) is 15.5. The minimum absolute atomic E-state index is 0.0890. The van der Waals surface area contributed by atoms with Crippen molar-refractivity contribution in [3.05, 3.63) is 221 Å². The zero-order chi connectivity index (χ0) is 39.6. The van der Waals surface area contributed by atoms with Crippen molar-refractivity contribution in [2.75, 3.05) is 0 Å². The largest absolute Gasteiger partial charge is 0.312 e. The number of rotatable bonds is 8. The van der Waals surface area contributed by atoms with Gasteiger partial charge in [-0.25, -0.2) is 0 Å². The van der Waals surface area contributed by atoms with Gasteiger partial charge in [0.25, 0.3) is 0 Å². The Balaban J connectivity index is 1.08. The van der Waals surface area contributed by atoms with Crippen molar-refractivity contribution >= 4 is 16.8 Å². The smallest absolute Gasteiger partial charge is 0.0817 e. The summed E-state index contributed by atoms with van der Waals surface area (Å²) >= 11 is 0. The number of nitrogens with two attached hydrogens (primary N) is 1. The van der Waals surface area contributed by atoms with Crippen LogP contribution in [0.2, 0.25) is 0 Å². The molecule has 2 aliphatic carbocycles. The van der Waals surface area contributed by atoms with Gasteiger partial charge in [-0.3, -0.25) is 5.32 Å². The summed E-state index contributed by atoms with van der Waals surface area (Å²) in [4.78, 5) is 0. The monoisotopic (exact) mass is 748 g/mol. The zero-order valence-corrected chi connectivity index (χ0v) is 33.6. The summed E-state index contributed by atoms with van der Waals surface area (Å²) < 4.78 is 0. The van der Waals surface area contributed by atoms with E-state index in [0.29, 0.717) is 0 Å². The lowest BCUT2D eigenvalue weighted by Crippen LogP contribution is -2.31. The van der Waals surface area contributed by atoms with E-state index in [0.717, 1.165) is 11.1 Å². The maximum absolute atomic E-state index is 7.00. The minimum atomic E-state index is -0.376. The molecular formula is C56H48N2. The predicted octanol–water partition coefficient (Wildman–Crippen LogP) is 13.8. The average Bonchev–Trinajstić information content (AvgIpc) is 3.63. The van der Waals surface area contributed by atoms with E-state index in [1.807, 2.05) is 6.07 Å². The molecule has 0 radical (unpaired) electrons. The van der Waals surface area contributed by atoms with E-state index < -0.39 is 0 Å². The third kappa shape index (κ3) is 5.86. The van der Waals surface area contributed by atoms with Crippen LogP contribution in [0.3, 0.4) is 0 Å². The maximum Gasteiger partial charge on any atom is 0.0817 e. The van der Waals surface area contributed by atoms with E-state index in [1.54, 1.807) is 0 Å². The fraction of sp³-hybridized carbons (Fsp3) is 0.143. The highest BCUT2D eigenvalue weighted by Gasteiger charge is 2.38. The van der Waals surface area contributed by atoms with Gasteiger partial charge in [0, 0.05) is 10.8 Å². The summed E-state index contributed by atoms with van der Waals surface area (Å²) in [6.07, 6.45) is 4.23. The second kappa shape index (κ2) is 14.0. The summed E-state index contributed by atoms with van der Waals surface area (Å²) in [6, 6.07) is 64.1. The Labute approximate surface area is 342 Å². The zero-order valence-electron chi connectivity index (χ0n) is 33.6. The third-order valence-electron chi connectivity index (χ3n) is 13.0. The fourth-order valence-electron chi connectivity index (χ4n) is 9.89. The molecule has 8 aromatic rings. The molecule has 0 aliphatic heterocycles. The van der Waals surface area contributed by atoms with E-state index in [1.165, 1.54) is 83.1 Å². The number of hydrogen-bond acceptors (Lipinski definition) is 2. The molecule has 2 heteroatoms. The van der Waals surface area contributed by atoms with Gasteiger partial charge in [-0.1, -0.05) is 198 Å². The van der Waals surface area contributed by atoms with Crippen LogP contribution in [0.25, 0.3) is 61.4 Å². The molecule has 2 nitrogen and oxygen atoms in total. The van der Waals surface area contributed by atoms with Crippen molar-refractivity contribution in [3.8, 4) is 44.5 Å². The van der Waals surface area contributed by atoms with Crippen molar-refractivity contribution in [2.45, 2.75) is 50.7 Å². The molecule has 0 heterocycles. The SMILES string of the molecule is CC1(C)c2ccccc2-c2ccc(-c3ccccc3C(/C=C/c3ccccc3-c3cccc4c3-c3cc5ccccc5cc3C4(C)C)NC(N)c3ccccc3)cc21. The second-order valence-electron chi connectivity index (χ2n) is 17.1. The first kappa shape index (κ1) is 36.0. The molecule has 0 aromatic heterocycles. The lowest BCUT2D eigenvalue weighted by molar-refractivity contribution is 0.510. The topological polar surface area (TPSA) is 38.0 Å². The first-order chi connectivity index (χ1) is 28.2. The first-order valence-corrected chi connectivity index (χ1v) is 20.6. The highest BCUT2D eigenvalue weighted by molar-refractivity contribution is 5.99. The van der Waals surface area contributed by atoms with E-state index in [4.69, 9.17) is 5.73 Å². The van der Waals surface area contributed by atoms with Crippen LogP contribution < -0.4 is 11.1 Å². The van der Waals surface area contributed by atoms with Crippen LogP contribution in [-0.2, 0) is 10.8 Å². The van der Waals surface area contributed by atoms with Gasteiger partial charge in [-0.2, -0.15) is 0 Å². The third-order valence-corrected chi connectivity index (χ3v) is 13.0. The van der Waals surface area contributed by atoms with Crippen LogP contribution in [0.4, 0.5) is 0 Å². The van der Waals surface area contributed by atoms with Gasteiger partial charge in [-0.15, -0.1) is 0 Å². The summed E-state index contributed by atoms with van der Waals surface area (Å²) in [6.45, 7) is 9.43. The number of nitrogens with one attached hydrogen (secondary N) is 1. The van der Waals surface area contributed by atoms with Crippen LogP contribution in [0.1, 0.15) is 78.8 Å². The quantitative estimate of drug-likeness (QED) is 0.152. The van der Waals surface area contributed by atoms with Crippen molar-refractivity contribution in [3.63, 3.8) is 0 Å². The summed E-state index contributed by atoms with van der Waals surface area (Å²) in [5, 5.41) is 6.40. The van der Waals surface area contributed by atoms with Gasteiger partial charge in [0.1, 0.15) is 0 Å². The van der Waals surface area contributed by atoms with E-state index in [2.05, 4.69) is 215 Å². The molecule has 10 rings (SSSR count). The highest BCUT2D eigenvalue weighted by Crippen LogP contribution is 2.54. The Kier molecular flexibility index (Phi) is 8.67. The molecule has 282 valence electrons. The van der Waals surface area contributed by atoms with Crippen LogP contribution in [-0.4, -0.2) is 0 Å². The van der Waals surface area contributed by atoms with Crippen LogP contribution >= 0.6 is 0 Å². The van der Waals surface area contributed by atoms with Gasteiger partial charge in [0.2, 0.25) is 0 Å². The molecule has 2 unspecified atom stereocenters. The Bertz CT molecular complexity index is 2890. The molecule has 0 spiro atoms. The molecule has 3 N–H and O–H groups in total. The maximum atomic E-state index is 7.00. The van der Waals surface area contributed by atoms with Gasteiger partial charge in [0.15, 0.2) is 0 Å². The summed E-state index contributed by atoms with van der Waals surface area (Å²) in [5.41, 5.74) is 25.9. The van der Waals surface area contributed by atoms with Gasteiger partial charge in [0.05, 0.1) is 12.2 Å². The molecule has 2 atom stereocenters. The molecule has 0 fully saturated rings. The lowest BCUT2D eigenvalue weighted by atomic mass is 9.81. The Hall–Kier alpha value is -6.32. The number of benzene rings is 8. The molecule has 2 aliphatic rings. The van der Waals surface area contributed by atoms with E-state index >= 15 is 0 Å². The minimum Gasteiger partial charge on any atom is -0.312 e. The first-order valence-electron chi connectivity index (χ1n) is 20.6. The molecule has 0 bridgehead atoms. The Morgan fingerprint density at radius 2 is 1.05 bits per heavy atom. The fourth-order valence-corrected chi connectivity index (χ4v) is 9.89. The number of hydrogen-bond donors (Lipinski definition) is 2. The molecule has 0 amide bonds. The Morgan fingerprint density at radius 1 is 0.466 bits per heavy atom. The average molecular weight is 749 g/mol. The molecule has 8 aromatic carbocycles. The highest BCUT2D eigenvalue weighted by atomic mass is 15.0. The molecule has 0 saturated heterocycles. The molecule has 0 saturated carbocycles. The lowest BCUT2D eigenvalue weighted by Gasteiger charge is -2.25. The summed E-state index contributed by atoms with van der Waals surface area (Å²) in [7, 11) is 0. The van der Waals surface area contributed by atoms with Crippen LogP contribution in [0.15, 0.2) is 182 Å². The van der Waals surface area contributed by atoms with E-state index in [-0.39, 0.29) is 23.0 Å². The van der Waals surface area contributed by atoms with Gasteiger partial charge >= 0.3 is 0 Å². The molecular weight excluding hydrogens is 701 g/mol. The second-order valence-corrected chi connectivity index (χ2v) is 17.1. The Morgan fingerprint density at radius 3 is 1.86 bits per heavy atom. The van der Waals surface area contributed by atoms with Crippen molar-refractivity contribution in [1.82, 2.24) is 5.32 Å². The predicted molar refractivity (Wildman–Crippen MR) is 245 cm³/mol. The van der Waals surface area contributed by atoms with E-state index in [9.17, 15) is 0 Å². The van der Waals surface area contributed by atoms with Crippen LogP contribution in [0, 0.1) is 0 Å².